The molecule has 1 heterocycles. The molecule has 2 N–H and O–H groups in total. The highest BCUT2D eigenvalue weighted by Gasteiger charge is 2.29. The second-order valence-corrected chi connectivity index (χ2v) is 4.81. The first-order chi connectivity index (χ1) is 9.36. The number of nitrogens with two attached hydrogens (primary N) is 1. The Bertz CT molecular complexity index is 667. The van der Waals surface area contributed by atoms with Crippen LogP contribution in [0.3, 0.4) is 0 Å². The van der Waals surface area contributed by atoms with Gasteiger partial charge in [-0.3, -0.25) is 4.57 Å². The molecule has 0 saturated heterocycles. The summed E-state index contributed by atoms with van der Waals surface area (Å²) in [7, 11) is 1.24. The molecule has 0 spiro atoms. The maximum Gasteiger partial charge on any atom is 0.329 e. The number of halogens is 2. The van der Waals surface area contributed by atoms with E-state index in [1.165, 1.54) is 11.7 Å². The monoisotopic (exact) mass is 283 g/mol. The number of anilines is 1. The number of aromatic nitrogens is 2. The van der Waals surface area contributed by atoms with E-state index in [9.17, 15) is 13.6 Å². The van der Waals surface area contributed by atoms with Crippen LogP contribution in [0.25, 0.3) is 11.0 Å². The molecule has 0 radical (unpaired) electrons. The molecule has 0 aliphatic heterocycles. The number of fused-ring (bicyclic) bond motifs is 1. The number of hydrogen-bond acceptors (Lipinski definition) is 4. The Morgan fingerprint density at radius 1 is 1.40 bits per heavy atom. The highest BCUT2D eigenvalue weighted by atomic mass is 19.1. The maximum atomic E-state index is 13.7. The minimum absolute atomic E-state index is 0.0615. The quantitative estimate of drug-likeness (QED) is 0.877. The highest BCUT2D eigenvalue weighted by Crippen LogP contribution is 2.30. The van der Waals surface area contributed by atoms with Gasteiger partial charge in [-0.2, -0.15) is 0 Å². The molecule has 0 bridgehead atoms. The molecule has 7 heteroatoms. The van der Waals surface area contributed by atoms with E-state index in [1.807, 2.05) is 0 Å². The molecule has 1 atom stereocenters. The van der Waals surface area contributed by atoms with Crippen molar-refractivity contribution in [3.63, 3.8) is 0 Å². The van der Waals surface area contributed by atoms with Gasteiger partial charge in [-0.05, 0) is 5.92 Å². The molecule has 20 heavy (non-hydrogen) atoms. The third-order valence-electron chi connectivity index (χ3n) is 3.09. The Hall–Kier alpha value is -2.18. The molecule has 0 aliphatic carbocycles. The molecule has 0 fully saturated rings. The van der Waals surface area contributed by atoms with Gasteiger partial charge >= 0.3 is 5.97 Å². The predicted octanol–water partition coefficient (Wildman–Crippen LogP) is 2.27. The summed E-state index contributed by atoms with van der Waals surface area (Å²) in [6.07, 6.45) is 0. The summed E-state index contributed by atoms with van der Waals surface area (Å²) in [6.45, 7) is 3.56. The van der Waals surface area contributed by atoms with Crippen LogP contribution >= 0.6 is 0 Å². The molecule has 1 aromatic carbocycles. The van der Waals surface area contributed by atoms with Gasteiger partial charge in [0.15, 0.2) is 5.82 Å². The van der Waals surface area contributed by atoms with Crippen LogP contribution in [0.5, 0.6) is 0 Å². The zero-order valence-electron chi connectivity index (χ0n) is 11.4. The van der Waals surface area contributed by atoms with Crippen molar-refractivity contribution in [2.45, 2.75) is 19.9 Å². The van der Waals surface area contributed by atoms with Crippen LogP contribution in [-0.2, 0) is 9.53 Å². The van der Waals surface area contributed by atoms with Gasteiger partial charge in [-0.25, -0.2) is 18.6 Å². The number of benzene rings is 1. The number of esters is 1. The number of methoxy groups -OCH3 is 1. The average Bonchev–Trinajstić information content (AvgIpc) is 2.67. The zero-order valence-corrected chi connectivity index (χ0v) is 11.4. The van der Waals surface area contributed by atoms with E-state index in [0.717, 1.165) is 12.1 Å². The Morgan fingerprint density at radius 3 is 2.60 bits per heavy atom. The number of carbonyl (C=O) groups is 1. The lowest BCUT2D eigenvalue weighted by atomic mass is 10.0. The molecule has 1 unspecified atom stereocenters. The highest BCUT2D eigenvalue weighted by molar-refractivity contribution is 5.83. The van der Waals surface area contributed by atoms with Crippen molar-refractivity contribution in [2.24, 2.45) is 5.92 Å². The van der Waals surface area contributed by atoms with Crippen LogP contribution in [0.4, 0.5) is 14.7 Å². The predicted molar refractivity (Wildman–Crippen MR) is 70.0 cm³/mol. The van der Waals surface area contributed by atoms with Gasteiger partial charge in [0.05, 0.1) is 12.6 Å². The number of rotatable bonds is 3. The Kier molecular flexibility index (Phi) is 3.61. The summed E-state index contributed by atoms with van der Waals surface area (Å²) in [6, 6.07) is 1.02. The van der Waals surface area contributed by atoms with Crippen molar-refractivity contribution >= 4 is 23.0 Å². The number of ether oxygens (including phenoxy) is 1. The third-order valence-corrected chi connectivity index (χ3v) is 3.09. The lowest BCUT2D eigenvalue weighted by Crippen LogP contribution is -2.26. The van der Waals surface area contributed by atoms with Crippen molar-refractivity contribution in [3.05, 3.63) is 23.8 Å². The minimum Gasteiger partial charge on any atom is -0.467 e. The lowest BCUT2D eigenvalue weighted by molar-refractivity contribution is -0.145. The van der Waals surface area contributed by atoms with Gasteiger partial charge in [0.1, 0.15) is 17.4 Å². The summed E-state index contributed by atoms with van der Waals surface area (Å²) >= 11 is 0. The molecule has 1 aromatic heterocycles. The van der Waals surface area contributed by atoms with E-state index in [4.69, 9.17) is 10.5 Å². The number of carbonyl (C=O) groups excluding carboxylic acids is 1. The molecule has 2 rings (SSSR count). The molecule has 0 aliphatic rings. The molecular weight excluding hydrogens is 268 g/mol. The molecule has 0 saturated carbocycles. The number of nitrogens with zero attached hydrogens (tertiary/aromatic N) is 2. The fourth-order valence-corrected chi connectivity index (χ4v) is 2.23. The normalized spacial score (nSPS) is 12.9. The second-order valence-electron chi connectivity index (χ2n) is 4.81. The number of hydrogen-bond donors (Lipinski definition) is 1. The summed E-state index contributed by atoms with van der Waals surface area (Å²) in [5.74, 6) is -2.38. The molecule has 108 valence electrons. The second kappa shape index (κ2) is 5.07. The first-order valence-electron chi connectivity index (χ1n) is 6.07. The fraction of sp³-hybridized carbons (Fsp3) is 0.385. The topological polar surface area (TPSA) is 70.1 Å². The first-order valence-corrected chi connectivity index (χ1v) is 6.07. The number of imidazole rings is 1. The Labute approximate surface area is 114 Å². The smallest absolute Gasteiger partial charge is 0.329 e. The van der Waals surface area contributed by atoms with Crippen LogP contribution in [0, 0.1) is 17.6 Å². The van der Waals surface area contributed by atoms with Gasteiger partial charge in [0.2, 0.25) is 5.95 Å². The van der Waals surface area contributed by atoms with Crippen LogP contribution < -0.4 is 5.73 Å². The van der Waals surface area contributed by atoms with Gasteiger partial charge < -0.3 is 10.5 Å². The van der Waals surface area contributed by atoms with Gasteiger partial charge in [0.25, 0.3) is 0 Å². The summed E-state index contributed by atoms with van der Waals surface area (Å²) in [5, 5.41) is 0. The molecular formula is C13H15F2N3O2. The van der Waals surface area contributed by atoms with E-state index in [2.05, 4.69) is 4.98 Å². The fourth-order valence-electron chi connectivity index (χ4n) is 2.23. The van der Waals surface area contributed by atoms with Crippen LogP contribution in [0.15, 0.2) is 12.1 Å². The maximum absolute atomic E-state index is 13.7. The van der Waals surface area contributed by atoms with E-state index in [-0.39, 0.29) is 22.9 Å². The van der Waals surface area contributed by atoms with E-state index in [1.54, 1.807) is 13.8 Å². The zero-order chi connectivity index (χ0) is 15.0. The largest absolute Gasteiger partial charge is 0.467 e. The van der Waals surface area contributed by atoms with Crippen molar-refractivity contribution in [1.82, 2.24) is 9.55 Å². The van der Waals surface area contributed by atoms with Crippen molar-refractivity contribution < 1.29 is 18.3 Å². The molecule has 0 amide bonds. The molecule has 5 nitrogen and oxygen atoms in total. The van der Waals surface area contributed by atoms with Crippen molar-refractivity contribution in [1.29, 1.82) is 0 Å². The van der Waals surface area contributed by atoms with Crippen molar-refractivity contribution in [3.8, 4) is 0 Å². The standard InChI is InChI=1S/C13H15F2N3O2/c1-6(2)11(12(19)20-3)18-9-5-7(14)4-8(15)10(9)17-13(18)16/h4-6,11H,1-3H3,(H2,16,17). The Morgan fingerprint density at radius 2 is 2.05 bits per heavy atom. The summed E-state index contributed by atoms with van der Waals surface area (Å²) in [5.41, 5.74) is 5.82. The van der Waals surface area contributed by atoms with Crippen LogP contribution in [0.1, 0.15) is 19.9 Å². The molecule has 2 aromatic rings. The third kappa shape index (κ3) is 2.19. The summed E-state index contributed by atoms with van der Waals surface area (Å²) < 4.78 is 33.1. The van der Waals surface area contributed by atoms with Gasteiger partial charge in [0, 0.05) is 12.1 Å². The van der Waals surface area contributed by atoms with Crippen LogP contribution in [0.2, 0.25) is 0 Å². The van der Waals surface area contributed by atoms with E-state index >= 15 is 0 Å². The first kappa shape index (κ1) is 14.2. The minimum atomic E-state index is -0.821. The average molecular weight is 283 g/mol. The summed E-state index contributed by atoms with van der Waals surface area (Å²) in [4.78, 5) is 15.8. The lowest BCUT2D eigenvalue weighted by Gasteiger charge is -2.21. The van der Waals surface area contributed by atoms with Crippen molar-refractivity contribution in [2.75, 3.05) is 12.8 Å². The number of nitrogen functional groups attached to an aromatic ring is 1. The van der Waals surface area contributed by atoms with E-state index < -0.39 is 23.6 Å². The van der Waals surface area contributed by atoms with Gasteiger partial charge in [-0.1, -0.05) is 13.8 Å². The van der Waals surface area contributed by atoms with Gasteiger partial charge in [-0.15, -0.1) is 0 Å². The van der Waals surface area contributed by atoms with Crippen LogP contribution in [-0.4, -0.2) is 22.6 Å². The van der Waals surface area contributed by atoms with E-state index in [0.29, 0.717) is 0 Å². The Balaban J connectivity index is 2.75. The SMILES string of the molecule is COC(=O)C(C(C)C)n1c(N)nc2c(F)cc(F)cc21.